The number of nitrogens with one attached hydrogen (secondary N) is 1. The Morgan fingerprint density at radius 2 is 2.00 bits per heavy atom. The van der Waals surface area contributed by atoms with Crippen LogP contribution < -0.4 is 5.32 Å². The molecule has 1 fully saturated rings. The Hall–Kier alpha value is -0.480. The minimum Gasteiger partial charge on any atom is -0.312 e. The standard InChI is InChI=1S/C11H18N2O4S3/c1-2-12-8-10-7-11(9-18-10)20(16,17)13-3-5-19(14,15)6-4-13/h7,9,12H,2-6,8H2,1H3. The quantitative estimate of drug-likeness (QED) is 0.833. The zero-order valence-electron chi connectivity index (χ0n) is 11.2. The van der Waals surface area contributed by atoms with Gasteiger partial charge in [-0.2, -0.15) is 4.31 Å². The lowest BCUT2D eigenvalue weighted by atomic mass is 10.4. The molecule has 0 bridgehead atoms. The van der Waals surface area contributed by atoms with E-state index in [4.69, 9.17) is 0 Å². The molecule has 2 rings (SSSR count). The maximum absolute atomic E-state index is 12.4. The van der Waals surface area contributed by atoms with Crippen LogP contribution in [0, 0.1) is 0 Å². The number of hydrogen-bond donors (Lipinski definition) is 1. The van der Waals surface area contributed by atoms with Crippen molar-refractivity contribution in [2.24, 2.45) is 0 Å². The van der Waals surface area contributed by atoms with E-state index in [1.807, 2.05) is 6.92 Å². The molecular weight excluding hydrogens is 320 g/mol. The van der Waals surface area contributed by atoms with E-state index in [2.05, 4.69) is 5.32 Å². The smallest absolute Gasteiger partial charge is 0.243 e. The maximum Gasteiger partial charge on any atom is 0.243 e. The number of rotatable bonds is 5. The summed E-state index contributed by atoms with van der Waals surface area (Å²) in [6.07, 6.45) is 0. The summed E-state index contributed by atoms with van der Waals surface area (Å²) >= 11 is 1.39. The molecule has 6 nitrogen and oxygen atoms in total. The number of sulfone groups is 1. The lowest BCUT2D eigenvalue weighted by Gasteiger charge is -2.25. The second-order valence-corrected chi connectivity index (χ2v) is 9.82. The van der Waals surface area contributed by atoms with E-state index in [-0.39, 0.29) is 29.5 Å². The van der Waals surface area contributed by atoms with E-state index in [9.17, 15) is 16.8 Å². The van der Waals surface area contributed by atoms with Crippen molar-refractivity contribution in [3.63, 3.8) is 0 Å². The number of thiophene rings is 1. The van der Waals surface area contributed by atoms with Crippen molar-refractivity contribution >= 4 is 31.2 Å². The first-order valence-electron chi connectivity index (χ1n) is 6.34. The molecule has 0 aromatic carbocycles. The average Bonchev–Trinajstić information content (AvgIpc) is 2.85. The van der Waals surface area contributed by atoms with Crippen LogP contribution in [0.5, 0.6) is 0 Å². The second-order valence-electron chi connectivity index (χ2n) is 4.58. The summed E-state index contributed by atoms with van der Waals surface area (Å²) in [6.45, 7) is 3.54. The molecule has 0 unspecified atom stereocenters. The van der Waals surface area contributed by atoms with E-state index in [0.29, 0.717) is 6.54 Å². The van der Waals surface area contributed by atoms with E-state index in [1.165, 1.54) is 15.6 Å². The predicted octanol–water partition coefficient (Wildman–Crippen LogP) is 0.277. The van der Waals surface area contributed by atoms with Crippen molar-refractivity contribution in [3.8, 4) is 0 Å². The SMILES string of the molecule is CCNCc1cc(S(=O)(=O)N2CCS(=O)(=O)CC2)cs1. The molecule has 0 aliphatic carbocycles. The molecule has 1 aliphatic heterocycles. The fourth-order valence-electron chi connectivity index (χ4n) is 1.92. The minimum absolute atomic E-state index is 0.0447. The van der Waals surface area contributed by atoms with E-state index >= 15 is 0 Å². The van der Waals surface area contributed by atoms with Gasteiger partial charge in [0.1, 0.15) is 0 Å². The number of hydrogen-bond acceptors (Lipinski definition) is 6. The van der Waals surface area contributed by atoms with Crippen LogP contribution in [0.4, 0.5) is 0 Å². The van der Waals surface area contributed by atoms with Crippen molar-refractivity contribution in [1.29, 1.82) is 0 Å². The summed E-state index contributed by atoms with van der Waals surface area (Å²) in [5.41, 5.74) is 0. The molecule has 1 aromatic heterocycles. The third-order valence-electron chi connectivity index (χ3n) is 3.12. The summed E-state index contributed by atoms with van der Waals surface area (Å²) in [4.78, 5) is 1.21. The molecule has 9 heteroatoms. The van der Waals surface area contributed by atoms with Gasteiger partial charge in [-0.15, -0.1) is 11.3 Å². The summed E-state index contributed by atoms with van der Waals surface area (Å²) in [7, 11) is -6.64. The normalized spacial score (nSPS) is 20.1. The van der Waals surface area contributed by atoms with Crippen molar-refractivity contribution in [2.75, 3.05) is 31.1 Å². The van der Waals surface area contributed by atoms with E-state index in [0.717, 1.165) is 11.4 Å². The summed E-state index contributed by atoms with van der Waals surface area (Å²) in [6, 6.07) is 1.66. The van der Waals surface area contributed by atoms with Crippen LogP contribution in [-0.4, -0.2) is 52.3 Å². The molecule has 0 radical (unpaired) electrons. The Morgan fingerprint density at radius 1 is 1.35 bits per heavy atom. The lowest BCUT2D eigenvalue weighted by Crippen LogP contribution is -2.43. The summed E-state index contributed by atoms with van der Waals surface area (Å²) in [5, 5.41) is 4.76. The van der Waals surface area contributed by atoms with Crippen LogP contribution >= 0.6 is 11.3 Å². The van der Waals surface area contributed by atoms with Crippen LogP contribution in [0.3, 0.4) is 0 Å². The lowest BCUT2D eigenvalue weighted by molar-refractivity contribution is 0.431. The topological polar surface area (TPSA) is 83.6 Å². The van der Waals surface area contributed by atoms with Gasteiger partial charge in [0.25, 0.3) is 0 Å². The third-order valence-corrected chi connectivity index (χ3v) is 7.69. The van der Waals surface area contributed by atoms with Gasteiger partial charge < -0.3 is 5.32 Å². The molecule has 1 aromatic rings. The van der Waals surface area contributed by atoms with Gasteiger partial charge in [-0.1, -0.05) is 6.92 Å². The zero-order chi connectivity index (χ0) is 14.8. The molecule has 1 N–H and O–H groups in total. The summed E-state index contributed by atoms with van der Waals surface area (Å²) < 4.78 is 48.8. The average molecular weight is 338 g/mol. The highest BCUT2D eigenvalue weighted by molar-refractivity contribution is 7.92. The molecule has 0 atom stereocenters. The first kappa shape index (κ1) is 15.9. The molecule has 0 spiro atoms. The minimum atomic E-state index is -3.56. The van der Waals surface area contributed by atoms with Crippen molar-refractivity contribution in [2.45, 2.75) is 18.4 Å². The Bertz CT molecular complexity index is 650. The van der Waals surface area contributed by atoms with E-state index < -0.39 is 19.9 Å². The maximum atomic E-state index is 12.4. The van der Waals surface area contributed by atoms with Crippen LogP contribution in [-0.2, 0) is 26.4 Å². The monoisotopic (exact) mass is 338 g/mol. The fourth-order valence-corrected chi connectivity index (χ4v) is 6.03. The van der Waals surface area contributed by atoms with Crippen LogP contribution in [0.1, 0.15) is 11.8 Å². The Kier molecular flexibility index (Phi) is 4.85. The number of nitrogens with zero attached hydrogens (tertiary/aromatic N) is 1. The van der Waals surface area contributed by atoms with Crippen molar-refractivity contribution in [3.05, 3.63) is 16.3 Å². The molecule has 1 aliphatic rings. The van der Waals surface area contributed by atoms with Gasteiger partial charge in [-0.25, -0.2) is 16.8 Å². The van der Waals surface area contributed by atoms with Crippen molar-refractivity contribution in [1.82, 2.24) is 9.62 Å². The van der Waals surface area contributed by atoms with Crippen LogP contribution in [0.25, 0.3) is 0 Å². The highest BCUT2D eigenvalue weighted by atomic mass is 32.2. The van der Waals surface area contributed by atoms with Gasteiger partial charge >= 0.3 is 0 Å². The van der Waals surface area contributed by atoms with Crippen LogP contribution in [0.2, 0.25) is 0 Å². The van der Waals surface area contributed by atoms with Gasteiger partial charge in [0, 0.05) is 29.9 Å². The Labute approximate surface area is 123 Å². The molecule has 2 heterocycles. The van der Waals surface area contributed by atoms with Crippen LogP contribution in [0.15, 0.2) is 16.3 Å². The first-order valence-corrected chi connectivity index (χ1v) is 10.5. The van der Waals surface area contributed by atoms with Gasteiger partial charge in [-0.3, -0.25) is 0 Å². The zero-order valence-corrected chi connectivity index (χ0v) is 13.7. The molecule has 1 saturated heterocycles. The highest BCUT2D eigenvalue weighted by Gasteiger charge is 2.31. The van der Waals surface area contributed by atoms with Gasteiger partial charge in [0.15, 0.2) is 9.84 Å². The molecule has 0 amide bonds. The van der Waals surface area contributed by atoms with Gasteiger partial charge in [0.2, 0.25) is 10.0 Å². The molecule has 0 saturated carbocycles. The molecular formula is C11H18N2O4S3. The predicted molar refractivity (Wildman–Crippen MR) is 79.1 cm³/mol. The summed E-state index contributed by atoms with van der Waals surface area (Å²) in [5.74, 6) is -0.193. The fraction of sp³-hybridized carbons (Fsp3) is 0.636. The third kappa shape index (κ3) is 3.59. The second kappa shape index (κ2) is 6.10. The first-order chi connectivity index (χ1) is 9.35. The molecule has 114 valence electrons. The highest BCUT2D eigenvalue weighted by Crippen LogP contribution is 2.23. The van der Waals surface area contributed by atoms with Gasteiger partial charge in [0.05, 0.1) is 16.4 Å². The Balaban J connectivity index is 2.12. The molecule has 20 heavy (non-hydrogen) atoms. The van der Waals surface area contributed by atoms with E-state index in [1.54, 1.807) is 11.4 Å². The van der Waals surface area contributed by atoms with Gasteiger partial charge in [-0.05, 0) is 12.6 Å². The number of sulfonamides is 1. The largest absolute Gasteiger partial charge is 0.312 e. The van der Waals surface area contributed by atoms with Crippen molar-refractivity contribution < 1.29 is 16.8 Å². The Morgan fingerprint density at radius 3 is 2.60 bits per heavy atom.